The normalized spacial score (nSPS) is 13.9. The number of hydrogen-bond donors (Lipinski definition) is 2. The van der Waals surface area contributed by atoms with E-state index >= 15 is 0 Å². The minimum Gasteiger partial charge on any atom is -0.493 e. The zero-order chi connectivity index (χ0) is 19.8. The van der Waals surface area contributed by atoms with E-state index in [1.54, 1.807) is 24.5 Å². The first-order valence-corrected chi connectivity index (χ1v) is 9.66. The molecule has 146 valence electrons. The molecule has 3 heterocycles. The quantitative estimate of drug-likeness (QED) is 0.693. The third-order valence-corrected chi connectivity index (χ3v) is 5.91. The molecule has 0 radical (unpaired) electrons. The molecule has 9 heteroatoms. The monoisotopic (exact) mass is 400 g/mol. The summed E-state index contributed by atoms with van der Waals surface area (Å²) in [6.07, 6.45) is 1.43. The Labute approximate surface area is 165 Å². The fraction of sp³-hybridized carbons (Fsp3) is 0.316. The van der Waals surface area contributed by atoms with Crippen LogP contribution >= 0.6 is 11.3 Å². The number of aromatic nitrogens is 2. The average molecular weight is 400 g/mol. The number of amides is 1. The predicted octanol–water partition coefficient (Wildman–Crippen LogP) is 2.24. The molecule has 0 bridgehead atoms. The molecule has 1 aliphatic heterocycles. The number of nitrogen functional groups attached to an aromatic ring is 1. The second kappa shape index (κ2) is 7.16. The van der Waals surface area contributed by atoms with Gasteiger partial charge in [0.1, 0.15) is 10.2 Å². The smallest absolute Gasteiger partial charge is 0.256 e. The van der Waals surface area contributed by atoms with Crippen molar-refractivity contribution in [3.8, 4) is 17.4 Å². The number of benzene rings is 1. The van der Waals surface area contributed by atoms with E-state index in [4.69, 9.17) is 15.2 Å². The minimum absolute atomic E-state index is 0.0556. The standard InChI is InChI=1S/C19H20N4O4S/c1-26-13-7-10-3-5-23(6-4-11(10)8-14(13)27-2)18(25)12-9-28-16-15(12)21-19(20)22-17(16)24/h7-9H,3-6H2,1-2H3,(H3,20,21,22,24). The number of hydrogen-bond acceptors (Lipinski definition) is 8. The number of nitrogens with two attached hydrogens (primary N) is 1. The van der Waals surface area contributed by atoms with Crippen molar-refractivity contribution in [2.24, 2.45) is 0 Å². The molecule has 0 aliphatic carbocycles. The van der Waals surface area contributed by atoms with E-state index in [2.05, 4.69) is 9.97 Å². The van der Waals surface area contributed by atoms with Crippen molar-refractivity contribution in [2.45, 2.75) is 12.8 Å². The number of thiophene rings is 1. The van der Waals surface area contributed by atoms with Crippen molar-refractivity contribution in [2.75, 3.05) is 33.0 Å². The fourth-order valence-corrected chi connectivity index (χ4v) is 4.36. The number of carbonyl (C=O) groups is 1. The summed E-state index contributed by atoms with van der Waals surface area (Å²) in [6, 6.07) is 3.96. The summed E-state index contributed by atoms with van der Waals surface area (Å²) >= 11 is 1.23. The Balaban J connectivity index is 1.62. The van der Waals surface area contributed by atoms with Gasteiger partial charge in [-0.3, -0.25) is 4.79 Å². The molecule has 1 amide bonds. The van der Waals surface area contributed by atoms with E-state index in [9.17, 15) is 9.90 Å². The molecule has 3 aromatic rings. The Hall–Kier alpha value is -3.07. The average Bonchev–Trinajstić information content (AvgIpc) is 3.00. The molecular formula is C19H20N4O4S. The van der Waals surface area contributed by atoms with Gasteiger partial charge in [0.25, 0.3) is 5.91 Å². The Morgan fingerprint density at radius 2 is 1.75 bits per heavy atom. The highest BCUT2D eigenvalue weighted by Gasteiger charge is 2.25. The van der Waals surface area contributed by atoms with E-state index in [1.165, 1.54) is 11.3 Å². The topological polar surface area (TPSA) is 111 Å². The number of methoxy groups -OCH3 is 2. The van der Waals surface area contributed by atoms with Gasteiger partial charge in [0.15, 0.2) is 11.5 Å². The van der Waals surface area contributed by atoms with Gasteiger partial charge in [0.2, 0.25) is 11.8 Å². The lowest BCUT2D eigenvalue weighted by Crippen LogP contribution is -2.33. The maximum Gasteiger partial charge on any atom is 0.256 e. The van der Waals surface area contributed by atoms with Gasteiger partial charge >= 0.3 is 0 Å². The largest absolute Gasteiger partial charge is 0.493 e. The first-order valence-electron chi connectivity index (χ1n) is 8.78. The van der Waals surface area contributed by atoms with Crippen LogP contribution in [0.3, 0.4) is 0 Å². The van der Waals surface area contributed by atoms with Crippen LogP contribution in [0.5, 0.6) is 17.4 Å². The van der Waals surface area contributed by atoms with Gasteiger partial charge in [-0.1, -0.05) is 0 Å². The van der Waals surface area contributed by atoms with Crippen LogP contribution in [0.25, 0.3) is 10.2 Å². The lowest BCUT2D eigenvalue weighted by Gasteiger charge is -2.19. The molecule has 28 heavy (non-hydrogen) atoms. The van der Waals surface area contributed by atoms with Crippen LogP contribution in [-0.2, 0) is 12.8 Å². The van der Waals surface area contributed by atoms with Crippen LogP contribution in [0.1, 0.15) is 21.5 Å². The first-order chi connectivity index (χ1) is 13.5. The van der Waals surface area contributed by atoms with Crippen molar-refractivity contribution >= 4 is 33.4 Å². The van der Waals surface area contributed by atoms with Gasteiger partial charge in [-0.15, -0.1) is 11.3 Å². The van der Waals surface area contributed by atoms with Crippen molar-refractivity contribution in [3.05, 3.63) is 34.2 Å². The lowest BCUT2D eigenvalue weighted by molar-refractivity contribution is 0.0765. The summed E-state index contributed by atoms with van der Waals surface area (Å²) in [6.45, 7) is 1.15. The number of ether oxygens (including phenoxy) is 2. The molecular weight excluding hydrogens is 380 g/mol. The Morgan fingerprint density at radius 1 is 1.14 bits per heavy atom. The predicted molar refractivity (Wildman–Crippen MR) is 106 cm³/mol. The SMILES string of the molecule is COc1cc2c(cc1OC)CCN(C(=O)c1csc3c(O)nc(N)nc13)CC2. The van der Waals surface area contributed by atoms with Gasteiger partial charge in [0, 0.05) is 18.5 Å². The van der Waals surface area contributed by atoms with Gasteiger partial charge in [0.05, 0.1) is 19.8 Å². The first kappa shape index (κ1) is 18.3. The number of carbonyl (C=O) groups excluding carboxylic acids is 1. The van der Waals surface area contributed by atoms with E-state index in [0.29, 0.717) is 53.2 Å². The zero-order valence-electron chi connectivity index (χ0n) is 15.6. The summed E-state index contributed by atoms with van der Waals surface area (Å²) in [5.74, 6) is 0.990. The van der Waals surface area contributed by atoms with Crippen LogP contribution in [0.4, 0.5) is 5.95 Å². The summed E-state index contributed by atoms with van der Waals surface area (Å²) in [5, 5.41) is 11.6. The van der Waals surface area contributed by atoms with E-state index < -0.39 is 0 Å². The number of anilines is 1. The summed E-state index contributed by atoms with van der Waals surface area (Å²) in [4.78, 5) is 22.9. The summed E-state index contributed by atoms with van der Waals surface area (Å²) < 4.78 is 11.2. The molecule has 0 fully saturated rings. The Kier molecular flexibility index (Phi) is 4.68. The van der Waals surface area contributed by atoms with E-state index in [-0.39, 0.29) is 17.7 Å². The molecule has 0 spiro atoms. The molecule has 0 saturated carbocycles. The summed E-state index contributed by atoms with van der Waals surface area (Å²) in [5.41, 5.74) is 8.76. The molecule has 0 atom stereocenters. The van der Waals surface area contributed by atoms with Crippen LogP contribution in [0.2, 0.25) is 0 Å². The third kappa shape index (κ3) is 3.07. The van der Waals surface area contributed by atoms with Crippen LogP contribution in [0, 0.1) is 0 Å². The van der Waals surface area contributed by atoms with Crippen molar-refractivity contribution in [1.82, 2.24) is 14.9 Å². The van der Waals surface area contributed by atoms with Gasteiger partial charge in [-0.05, 0) is 36.1 Å². The Bertz CT molecular complexity index is 1030. The number of rotatable bonds is 3. The minimum atomic E-state index is -0.200. The van der Waals surface area contributed by atoms with Crippen molar-refractivity contribution < 1.29 is 19.4 Å². The highest BCUT2D eigenvalue weighted by atomic mass is 32.1. The van der Waals surface area contributed by atoms with Gasteiger partial charge in [-0.2, -0.15) is 4.98 Å². The fourth-order valence-electron chi connectivity index (χ4n) is 3.50. The highest BCUT2D eigenvalue weighted by molar-refractivity contribution is 7.17. The molecule has 1 aliphatic rings. The summed E-state index contributed by atoms with van der Waals surface area (Å²) in [7, 11) is 3.23. The Morgan fingerprint density at radius 3 is 2.32 bits per heavy atom. The molecule has 0 saturated heterocycles. The molecule has 0 unspecified atom stereocenters. The van der Waals surface area contributed by atoms with Gasteiger partial charge in [-0.25, -0.2) is 4.98 Å². The van der Waals surface area contributed by atoms with E-state index in [0.717, 1.165) is 11.1 Å². The molecule has 1 aromatic carbocycles. The third-order valence-electron chi connectivity index (χ3n) is 4.94. The highest BCUT2D eigenvalue weighted by Crippen LogP contribution is 2.34. The molecule has 4 rings (SSSR count). The van der Waals surface area contributed by atoms with Crippen LogP contribution in [0.15, 0.2) is 17.5 Å². The van der Waals surface area contributed by atoms with Gasteiger partial charge < -0.3 is 25.2 Å². The maximum absolute atomic E-state index is 13.1. The van der Waals surface area contributed by atoms with Crippen LogP contribution in [-0.4, -0.2) is 53.2 Å². The van der Waals surface area contributed by atoms with Crippen molar-refractivity contribution in [3.63, 3.8) is 0 Å². The maximum atomic E-state index is 13.1. The molecule has 2 aromatic heterocycles. The zero-order valence-corrected chi connectivity index (χ0v) is 16.4. The second-order valence-electron chi connectivity index (χ2n) is 6.50. The number of nitrogens with zero attached hydrogens (tertiary/aromatic N) is 3. The molecule has 3 N–H and O–H groups in total. The van der Waals surface area contributed by atoms with Crippen LogP contribution < -0.4 is 15.2 Å². The second-order valence-corrected chi connectivity index (χ2v) is 7.38. The lowest BCUT2D eigenvalue weighted by atomic mass is 10.0. The van der Waals surface area contributed by atoms with Crippen molar-refractivity contribution in [1.29, 1.82) is 0 Å². The molecule has 8 nitrogen and oxygen atoms in total. The number of aromatic hydroxyl groups is 1. The van der Waals surface area contributed by atoms with E-state index in [1.807, 2.05) is 12.1 Å². The number of fused-ring (bicyclic) bond motifs is 2.